The lowest BCUT2D eigenvalue weighted by Gasteiger charge is -1.96. The molecule has 0 atom stereocenters. The number of fused-ring (bicyclic) bond motifs is 1. The Morgan fingerprint density at radius 2 is 2.08 bits per heavy atom. The molecule has 1 heterocycles. The van der Waals surface area contributed by atoms with Crippen LogP contribution in [0.1, 0.15) is 0 Å². The van der Waals surface area contributed by atoms with Gasteiger partial charge in [0, 0.05) is 5.46 Å². The van der Waals surface area contributed by atoms with Crippen molar-refractivity contribution in [1.82, 2.24) is 0 Å². The van der Waals surface area contributed by atoms with Crippen LogP contribution in [-0.2, 0) is 0 Å². The highest BCUT2D eigenvalue weighted by Gasteiger charge is 2.17. The standard InChI is InChI=1S/C8H6BFO2S/c10-7-3-1-2-5-6(9(11)12)4-13-8(5)7/h1-4,11-12H. The Balaban J connectivity index is 2.75. The van der Waals surface area contributed by atoms with Gasteiger partial charge in [-0.3, -0.25) is 0 Å². The van der Waals surface area contributed by atoms with Crippen LogP contribution in [0.2, 0.25) is 0 Å². The van der Waals surface area contributed by atoms with Gasteiger partial charge in [0.2, 0.25) is 0 Å². The molecule has 2 nitrogen and oxygen atoms in total. The van der Waals surface area contributed by atoms with Crippen molar-refractivity contribution in [3.63, 3.8) is 0 Å². The van der Waals surface area contributed by atoms with E-state index in [0.29, 0.717) is 15.5 Å². The summed E-state index contributed by atoms with van der Waals surface area (Å²) in [5, 5.41) is 20.0. The van der Waals surface area contributed by atoms with Crippen molar-refractivity contribution >= 4 is 34.0 Å². The second kappa shape index (κ2) is 3.10. The van der Waals surface area contributed by atoms with E-state index in [-0.39, 0.29) is 5.82 Å². The van der Waals surface area contributed by atoms with Crippen molar-refractivity contribution in [2.45, 2.75) is 0 Å². The molecule has 0 saturated carbocycles. The van der Waals surface area contributed by atoms with Gasteiger partial charge in [-0.25, -0.2) is 4.39 Å². The van der Waals surface area contributed by atoms with Crippen LogP contribution in [0.25, 0.3) is 10.1 Å². The Hall–Kier alpha value is -0.905. The highest BCUT2D eigenvalue weighted by atomic mass is 32.1. The van der Waals surface area contributed by atoms with Gasteiger partial charge in [-0.2, -0.15) is 0 Å². The summed E-state index contributed by atoms with van der Waals surface area (Å²) in [7, 11) is -1.53. The lowest BCUT2D eigenvalue weighted by molar-refractivity contribution is 0.426. The zero-order chi connectivity index (χ0) is 9.42. The number of halogens is 1. The van der Waals surface area contributed by atoms with Gasteiger partial charge in [0.1, 0.15) is 5.82 Å². The molecule has 0 aliphatic rings. The molecule has 0 unspecified atom stereocenters. The van der Waals surface area contributed by atoms with Crippen molar-refractivity contribution in [1.29, 1.82) is 0 Å². The third-order valence-electron chi connectivity index (χ3n) is 1.86. The van der Waals surface area contributed by atoms with Gasteiger partial charge in [0.15, 0.2) is 0 Å². The van der Waals surface area contributed by atoms with Crippen molar-refractivity contribution < 1.29 is 14.4 Å². The summed E-state index contributed by atoms with van der Waals surface area (Å²) in [6, 6.07) is 4.58. The Labute approximate surface area is 78.4 Å². The number of thiophene rings is 1. The SMILES string of the molecule is OB(O)c1csc2c(F)cccc12. The first kappa shape index (κ1) is 8.68. The molecule has 2 rings (SSSR count). The van der Waals surface area contributed by atoms with Gasteiger partial charge in [-0.15, -0.1) is 11.3 Å². The van der Waals surface area contributed by atoms with Crippen molar-refractivity contribution in [2.75, 3.05) is 0 Å². The molecule has 1 aromatic carbocycles. The summed E-state index contributed by atoms with van der Waals surface area (Å²) < 4.78 is 13.6. The molecule has 0 aliphatic carbocycles. The van der Waals surface area contributed by atoms with Gasteiger partial charge < -0.3 is 10.0 Å². The lowest BCUT2D eigenvalue weighted by atomic mass is 9.80. The van der Waals surface area contributed by atoms with Gasteiger partial charge in [0.05, 0.1) is 4.70 Å². The predicted molar refractivity (Wildman–Crippen MR) is 51.6 cm³/mol. The molecule has 66 valence electrons. The maximum Gasteiger partial charge on any atom is 0.489 e. The summed E-state index contributed by atoms with van der Waals surface area (Å²) in [5.74, 6) is -0.325. The highest BCUT2D eigenvalue weighted by molar-refractivity contribution is 7.18. The zero-order valence-corrected chi connectivity index (χ0v) is 7.38. The van der Waals surface area contributed by atoms with Crippen LogP contribution < -0.4 is 5.46 Å². The fraction of sp³-hybridized carbons (Fsp3) is 0. The van der Waals surface area contributed by atoms with E-state index >= 15 is 0 Å². The first-order chi connectivity index (χ1) is 6.20. The average Bonchev–Trinajstić information content (AvgIpc) is 2.48. The summed E-state index contributed by atoms with van der Waals surface area (Å²) in [5.41, 5.74) is 0.361. The van der Waals surface area contributed by atoms with E-state index in [1.807, 2.05) is 0 Å². The second-order valence-corrected chi connectivity index (χ2v) is 3.56. The Bertz CT molecular complexity index is 441. The molecule has 1 aromatic heterocycles. The third-order valence-corrected chi connectivity index (χ3v) is 2.88. The van der Waals surface area contributed by atoms with E-state index in [0.717, 1.165) is 0 Å². The molecule has 0 spiro atoms. The molecule has 0 radical (unpaired) electrons. The van der Waals surface area contributed by atoms with Crippen LogP contribution in [0.3, 0.4) is 0 Å². The Morgan fingerprint density at radius 1 is 1.31 bits per heavy atom. The van der Waals surface area contributed by atoms with Crippen LogP contribution in [-0.4, -0.2) is 17.2 Å². The Kier molecular flexibility index (Phi) is 2.07. The maximum atomic E-state index is 13.1. The van der Waals surface area contributed by atoms with Crippen LogP contribution in [0.15, 0.2) is 23.6 Å². The number of hydrogen-bond acceptors (Lipinski definition) is 3. The summed E-state index contributed by atoms with van der Waals surface area (Å²) in [4.78, 5) is 0. The quantitative estimate of drug-likeness (QED) is 0.659. The summed E-state index contributed by atoms with van der Waals surface area (Å²) in [6.45, 7) is 0. The fourth-order valence-electron chi connectivity index (χ4n) is 1.24. The minimum absolute atomic E-state index is 0.325. The van der Waals surface area contributed by atoms with Crippen LogP contribution in [0.5, 0.6) is 0 Å². The molecule has 0 fully saturated rings. The van der Waals surface area contributed by atoms with Gasteiger partial charge >= 0.3 is 7.12 Å². The largest absolute Gasteiger partial charge is 0.489 e. The fourth-order valence-corrected chi connectivity index (χ4v) is 2.23. The first-order valence-electron chi connectivity index (χ1n) is 3.72. The topological polar surface area (TPSA) is 40.5 Å². The zero-order valence-electron chi connectivity index (χ0n) is 6.57. The Morgan fingerprint density at radius 3 is 2.77 bits per heavy atom. The number of hydrogen-bond donors (Lipinski definition) is 2. The van der Waals surface area contributed by atoms with Gasteiger partial charge in [-0.05, 0) is 16.8 Å². The molecule has 0 aliphatic heterocycles. The van der Waals surface area contributed by atoms with Gasteiger partial charge in [0.25, 0.3) is 0 Å². The van der Waals surface area contributed by atoms with Crippen LogP contribution >= 0.6 is 11.3 Å². The minimum Gasteiger partial charge on any atom is -0.423 e. The highest BCUT2D eigenvalue weighted by Crippen LogP contribution is 2.21. The molecular formula is C8H6BFO2S. The monoisotopic (exact) mass is 196 g/mol. The van der Waals surface area contributed by atoms with E-state index in [1.54, 1.807) is 17.5 Å². The summed E-state index contributed by atoms with van der Waals surface area (Å²) >= 11 is 1.17. The average molecular weight is 196 g/mol. The smallest absolute Gasteiger partial charge is 0.423 e. The van der Waals surface area contributed by atoms with E-state index in [4.69, 9.17) is 10.0 Å². The van der Waals surface area contributed by atoms with Crippen LogP contribution in [0, 0.1) is 5.82 Å². The van der Waals surface area contributed by atoms with Crippen molar-refractivity contribution in [2.24, 2.45) is 0 Å². The molecular weight excluding hydrogens is 190 g/mol. The molecule has 0 amide bonds. The molecule has 2 aromatic rings. The van der Waals surface area contributed by atoms with Crippen molar-refractivity contribution in [3.05, 3.63) is 29.4 Å². The normalized spacial score (nSPS) is 10.7. The van der Waals surface area contributed by atoms with Gasteiger partial charge in [-0.1, -0.05) is 12.1 Å². The maximum absolute atomic E-state index is 13.1. The molecule has 0 saturated heterocycles. The third kappa shape index (κ3) is 1.35. The van der Waals surface area contributed by atoms with E-state index in [2.05, 4.69) is 0 Å². The van der Waals surface area contributed by atoms with E-state index in [1.165, 1.54) is 17.4 Å². The van der Waals surface area contributed by atoms with Crippen molar-refractivity contribution in [3.8, 4) is 0 Å². The second-order valence-electron chi connectivity index (χ2n) is 2.68. The molecule has 0 bridgehead atoms. The van der Waals surface area contributed by atoms with E-state index < -0.39 is 7.12 Å². The molecule has 5 heteroatoms. The number of rotatable bonds is 1. The molecule has 2 N–H and O–H groups in total. The van der Waals surface area contributed by atoms with Crippen LogP contribution in [0.4, 0.5) is 4.39 Å². The first-order valence-corrected chi connectivity index (χ1v) is 4.60. The summed E-state index contributed by atoms with van der Waals surface area (Å²) in [6.07, 6.45) is 0. The number of benzene rings is 1. The molecule has 13 heavy (non-hydrogen) atoms. The predicted octanol–water partition coefficient (Wildman–Crippen LogP) is 0.720. The lowest BCUT2D eigenvalue weighted by Crippen LogP contribution is -2.28. The minimum atomic E-state index is -1.53. The van der Waals surface area contributed by atoms with E-state index in [9.17, 15) is 4.39 Å².